The van der Waals surface area contributed by atoms with E-state index in [0.29, 0.717) is 17.2 Å². The second kappa shape index (κ2) is 13.7. The summed E-state index contributed by atoms with van der Waals surface area (Å²) in [5, 5.41) is 8.41. The second-order valence-electron chi connectivity index (χ2n) is 11.3. The number of nitrogens with one attached hydrogen (secondary N) is 3. The number of anilines is 1. The molecule has 3 rings (SSSR count). The minimum absolute atomic E-state index is 0.0662. The van der Waals surface area contributed by atoms with Crippen molar-refractivity contribution >= 4 is 23.6 Å². The zero-order chi connectivity index (χ0) is 30.2. The quantitative estimate of drug-likeness (QED) is 0.292. The monoisotopic (exact) mass is 577 g/mol. The van der Waals surface area contributed by atoms with Crippen molar-refractivity contribution in [3.63, 3.8) is 0 Å². The molecule has 3 N–H and O–H groups in total. The molecule has 224 valence electrons. The third kappa shape index (κ3) is 9.98. The Hall–Kier alpha value is -3.76. The fourth-order valence-electron chi connectivity index (χ4n) is 5.16. The van der Waals surface area contributed by atoms with Gasteiger partial charge < -0.3 is 25.4 Å². The Bertz CT molecular complexity index is 1170. The summed E-state index contributed by atoms with van der Waals surface area (Å²) in [6.07, 6.45) is -0.871. The van der Waals surface area contributed by atoms with Crippen molar-refractivity contribution in [2.75, 3.05) is 19.0 Å². The predicted molar refractivity (Wildman–Crippen MR) is 148 cm³/mol. The van der Waals surface area contributed by atoms with Crippen LogP contribution < -0.4 is 20.7 Å². The molecule has 1 fully saturated rings. The average Bonchev–Trinajstić information content (AvgIpc) is 2.91. The lowest BCUT2D eigenvalue weighted by Gasteiger charge is -2.39. The van der Waals surface area contributed by atoms with Gasteiger partial charge in [-0.1, -0.05) is 32.9 Å². The van der Waals surface area contributed by atoms with E-state index >= 15 is 0 Å². The van der Waals surface area contributed by atoms with Crippen molar-refractivity contribution < 1.29 is 37.0 Å². The van der Waals surface area contributed by atoms with E-state index in [9.17, 15) is 27.6 Å². The highest BCUT2D eigenvalue weighted by Gasteiger charge is 2.34. The minimum Gasteiger partial charge on any atom is -0.469 e. The Kier molecular flexibility index (Phi) is 10.6. The number of benzene rings is 2. The summed E-state index contributed by atoms with van der Waals surface area (Å²) in [6, 6.07) is 11.0. The van der Waals surface area contributed by atoms with Crippen LogP contribution in [0.25, 0.3) is 0 Å². The zero-order valence-electron chi connectivity index (χ0n) is 23.8. The first-order valence-electron chi connectivity index (χ1n) is 13.6. The van der Waals surface area contributed by atoms with E-state index in [1.54, 1.807) is 24.3 Å². The van der Waals surface area contributed by atoms with Crippen LogP contribution in [-0.4, -0.2) is 37.9 Å². The van der Waals surface area contributed by atoms with Crippen LogP contribution in [0, 0.1) is 17.3 Å². The van der Waals surface area contributed by atoms with E-state index in [2.05, 4.69) is 46.2 Å². The summed E-state index contributed by atoms with van der Waals surface area (Å²) in [7, 11) is 1.28. The summed E-state index contributed by atoms with van der Waals surface area (Å²) in [4.78, 5) is 36.8. The summed E-state index contributed by atoms with van der Waals surface area (Å²) < 4.78 is 45.8. The van der Waals surface area contributed by atoms with Gasteiger partial charge in [0.05, 0.1) is 19.6 Å². The molecule has 11 heteroatoms. The van der Waals surface area contributed by atoms with Gasteiger partial charge in [0.25, 0.3) is 5.91 Å². The van der Waals surface area contributed by atoms with Crippen molar-refractivity contribution in [3.8, 4) is 5.75 Å². The molecule has 1 unspecified atom stereocenters. The van der Waals surface area contributed by atoms with Crippen LogP contribution in [0.5, 0.6) is 5.75 Å². The minimum atomic E-state index is -4.80. The van der Waals surface area contributed by atoms with E-state index in [4.69, 9.17) is 0 Å². The lowest BCUT2D eigenvalue weighted by atomic mass is 9.68. The molecule has 0 aliphatic heterocycles. The molecule has 8 nitrogen and oxygen atoms in total. The van der Waals surface area contributed by atoms with Gasteiger partial charge in [0, 0.05) is 17.8 Å². The number of hydrogen-bond donors (Lipinski definition) is 3. The number of carbonyl (C=O) groups excluding carboxylic acids is 3. The molecule has 2 aromatic rings. The van der Waals surface area contributed by atoms with Gasteiger partial charge >= 0.3 is 18.4 Å². The predicted octanol–water partition coefficient (Wildman–Crippen LogP) is 6.59. The maximum absolute atomic E-state index is 13.0. The van der Waals surface area contributed by atoms with Crippen LogP contribution in [0.3, 0.4) is 0 Å². The smallest absolute Gasteiger partial charge is 0.469 e. The maximum Gasteiger partial charge on any atom is 0.573 e. The maximum atomic E-state index is 13.0. The molecule has 1 aliphatic carbocycles. The second-order valence-corrected chi connectivity index (χ2v) is 11.3. The highest BCUT2D eigenvalue weighted by Crippen LogP contribution is 2.43. The molecule has 1 saturated carbocycles. The van der Waals surface area contributed by atoms with Crippen LogP contribution in [0.1, 0.15) is 74.8 Å². The Morgan fingerprint density at radius 2 is 1.54 bits per heavy atom. The topological polar surface area (TPSA) is 106 Å². The third-order valence-electron chi connectivity index (χ3n) is 7.47. The number of esters is 1. The molecule has 0 heterocycles. The first kappa shape index (κ1) is 31.8. The lowest BCUT2D eigenvalue weighted by molar-refractivity contribution is -0.274. The zero-order valence-corrected chi connectivity index (χ0v) is 23.8. The van der Waals surface area contributed by atoms with Gasteiger partial charge in [-0.3, -0.25) is 9.59 Å². The van der Waals surface area contributed by atoms with Gasteiger partial charge in [-0.2, -0.15) is 0 Å². The number of ether oxygens (including phenoxy) is 2. The van der Waals surface area contributed by atoms with Crippen LogP contribution in [0.2, 0.25) is 0 Å². The Morgan fingerprint density at radius 1 is 0.927 bits per heavy atom. The summed E-state index contributed by atoms with van der Waals surface area (Å²) >= 11 is 0. The molecule has 3 amide bonds. The number of methoxy groups -OCH3 is 1. The highest BCUT2D eigenvalue weighted by molar-refractivity contribution is 5.94. The number of carbonyl (C=O) groups is 3. The molecule has 0 aromatic heterocycles. The molecular formula is C30H38F3N3O5. The van der Waals surface area contributed by atoms with E-state index in [-0.39, 0.29) is 42.0 Å². The first-order chi connectivity index (χ1) is 19.2. The lowest BCUT2D eigenvalue weighted by Crippen LogP contribution is -2.38. The Morgan fingerprint density at radius 3 is 2.07 bits per heavy atom. The molecule has 0 radical (unpaired) electrons. The SMILES string of the molecule is COC(=O)CCNC(=O)c1ccc(C(NC(=O)Nc2ccc(OC(F)(F)F)cc2)C2CCC(C(C)(C)C)CC2)cc1. The normalized spacial score (nSPS) is 18.1. The summed E-state index contributed by atoms with van der Waals surface area (Å²) in [6.45, 7) is 6.86. The molecular weight excluding hydrogens is 539 g/mol. The Labute approximate surface area is 238 Å². The van der Waals surface area contributed by atoms with Gasteiger partial charge in [-0.25, -0.2) is 4.79 Å². The number of urea groups is 1. The molecule has 2 aromatic carbocycles. The van der Waals surface area contributed by atoms with Crippen molar-refractivity contribution in [1.82, 2.24) is 10.6 Å². The van der Waals surface area contributed by atoms with E-state index in [1.165, 1.54) is 19.2 Å². The summed E-state index contributed by atoms with van der Waals surface area (Å²) in [5.41, 5.74) is 1.75. The highest BCUT2D eigenvalue weighted by atomic mass is 19.4. The van der Waals surface area contributed by atoms with Crippen LogP contribution >= 0.6 is 0 Å². The summed E-state index contributed by atoms with van der Waals surface area (Å²) in [5.74, 6) is -0.402. The molecule has 41 heavy (non-hydrogen) atoms. The van der Waals surface area contributed by atoms with E-state index < -0.39 is 18.4 Å². The molecule has 0 spiro atoms. The van der Waals surface area contributed by atoms with Crippen LogP contribution in [0.4, 0.5) is 23.7 Å². The first-order valence-corrected chi connectivity index (χ1v) is 13.6. The number of amides is 3. The van der Waals surface area contributed by atoms with E-state index in [0.717, 1.165) is 43.4 Å². The van der Waals surface area contributed by atoms with E-state index in [1.807, 2.05) is 0 Å². The van der Waals surface area contributed by atoms with Crippen molar-refractivity contribution in [3.05, 3.63) is 59.7 Å². The largest absolute Gasteiger partial charge is 0.573 e. The van der Waals surface area contributed by atoms with Gasteiger partial charge in [-0.15, -0.1) is 13.2 Å². The fourth-order valence-corrected chi connectivity index (χ4v) is 5.16. The molecule has 0 bridgehead atoms. The standard InChI is InChI=1S/C30H38F3N3O5/c1-29(2,3)22-11-9-20(10-12-22)26(19-5-7-21(8-6-19)27(38)34-18-17-25(37)40-4)36-28(39)35-23-13-15-24(16-14-23)41-30(31,32)33/h5-8,13-16,20,22,26H,9-12,17-18H2,1-4H3,(H,34,38)(H2,35,36,39). The number of rotatable bonds is 9. The number of hydrogen-bond acceptors (Lipinski definition) is 5. The van der Waals surface area contributed by atoms with Crippen LogP contribution in [-0.2, 0) is 9.53 Å². The molecule has 0 saturated heterocycles. The van der Waals surface area contributed by atoms with Gasteiger partial charge in [0.15, 0.2) is 0 Å². The van der Waals surface area contributed by atoms with Crippen molar-refractivity contribution in [1.29, 1.82) is 0 Å². The van der Waals surface area contributed by atoms with Gasteiger partial charge in [0.1, 0.15) is 5.75 Å². The molecule has 1 aliphatic rings. The van der Waals surface area contributed by atoms with Crippen molar-refractivity contribution in [2.45, 2.75) is 65.3 Å². The Balaban J connectivity index is 1.71. The number of alkyl halides is 3. The van der Waals surface area contributed by atoms with Gasteiger partial charge in [0.2, 0.25) is 0 Å². The fraction of sp³-hybridized carbons (Fsp3) is 0.500. The van der Waals surface area contributed by atoms with Crippen molar-refractivity contribution in [2.24, 2.45) is 17.3 Å². The molecule has 1 atom stereocenters. The number of halogens is 3. The average molecular weight is 578 g/mol. The third-order valence-corrected chi connectivity index (χ3v) is 7.47. The van der Waals surface area contributed by atoms with Crippen LogP contribution in [0.15, 0.2) is 48.5 Å². The van der Waals surface area contributed by atoms with Gasteiger partial charge in [-0.05, 0) is 84.9 Å².